The Morgan fingerprint density at radius 1 is 1.28 bits per heavy atom. The number of imidazole rings is 1. The van der Waals surface area contributed by atoms with Crippen LogP contribution >= 0.6 is 0 Å². The molecule has 1 aromatic heterocycles. The summed E-state index contributed by atoms with van der Waals surface area (Å²) in [5, 5.41) is 6.08. The van der Waals surface area contributed by atoms with Crippen molar-refractivity contribution in [2.24, 2.45) is 5.92 Å². The SMILES string of the molecule is Cc1ccc(C(=O)NC2CCN(Cc3ncc[nH]3)CC2)cc1NC(=O)CC(C)C. The molecule has 1 aromatic carbocycles. The van der Waals surface area contributed by atoms with Crippen LogP contribution in [-0.2, 0) is 11.3 Å². The molecule has 7 nitrogen and oxygen atoms in total. The zero-order chi connectivity index (χ0) is 20.8. The summed E-state index contributed by atoms with van der Waals surface area (Å²) in [7, 11) is 0. The molecular formula is C22H31N5O2. The molecular weight excluding hydrogens is 366 g/mol. The van der Waals surface area contributed by atoms with Crippen molar-refractivity contribution in [2.45, 2.75) is 52.6 Å². The highest BCUT2D eigenvalue weighted by Gasteiger charge is 2.22. The van der Waals surface area contributed by atoms with Crippen LogP contribution in [0.2, 0.25) is 0 Å². The molecule has 3 N–H and O–H groups in total. The molecule has 156 valence electrons. The fourth-order valence-corrected chi connectivity index (χ4v) is 3.57. The molecule has 0 bridgehead atoms. The number of benzene rings is 1. The van der Waals surface area contributed by atoms with Crippen molar-refractivity contribution in [3.63, 3.8) is 0 Å². The normalized spacial score (nSPS) is 15.4. The predicted molar refractivity (Wildman–Crippen MR) is 114 cm³/mol. The lowest BCUT2D eigenvalue weighted by Gasteiger charge is -2.31. The van der Waals surface area contributed by atoms with Gasteiger partial charge in [0.05, 0.1) is 6.54 Å². The minimum Gasteiger partial charge on any atom is -0.349 e. The number of hydrogen-bond acceptors (Lipinski definition) is 4. The van der Waals surface area contributed by atoms with Crippen LogP contribution in [0, 0.1) is 12.8 Å². The average molecular weight is 398 g/mol. The molecule has 0 radical (unpaired) electrons. The minimum atomic E-state index is -0.0890. The zero-order valence-corrected chi connectivity index (χ0v) is 17.5. The highest BCUT2D eigenvalue weighted by atomic mass is 16.2. The topological polar surface area (TPSA) is 90.1 Å². The van der Waals surface area contributed by atoms with Crippen molar-refractivity contribution in [3.05, 3.63) is 47.5 Å². The number of H-pyrrole nitrogens is 1. The van der Waals surface area contributed by atoms with Crippen LogP contribution in [0.3, 0.4) is 0 Å². The molecule has 1 fully saturated rings. The Balaban J connectivity index is 1.53. The molecule has 1 aliphatic rings. The van der Waals surface area contributed by atoms with Gasteiger partial charge in [-0.05, 0) is 43.4 Å². The van der Waals surface area contributed by atoms with Gasteiger partial charge in [-0.15, -0.1) is 0 Å². The Morgan fingerprint density at radius 2 is 2.03 bits per heavy atom. The summed E-state index contributed by atoms with van der Waals surface area (Å²) in [5.41, 5.74) is 2.23. The number of hydrogen-bond donors (Lipinski definition) is 3. The van der Waals surface area contributed by atoms with Crippen molar-refractivity contribution < 1.29 is 9.59 Å². The molecule has 0 spiro atoms. The highest BCUT2D eigenvalue weighted by Crippen LogP contribution is 2.19. The number of nitrogens with one attached hydrogen (secondary N) is 3. The van der Waals surface area contributed by atoms with Gasteiger partial charge in [0, 0.05) is 49.2 Å². The van der Waals surface area contributed by atoms with E-state index in [4.69, 9.17) is 0 Å². The van der Waals surface area contributed by atoms with E-state index in [9.17, 15) is 9.59 Å². The fourth-order valence-electron chi connectivity index (χ4n) is 3.57. The zero-order valence-electron chi connectivity index (χ0n) is 17.5. The maximum Gasteiger partial charge on any atom is 0.251 e. The van der Waals surface area contributed by atoms with Crippen LogP contribution in [0.15, 0.2) is 30.6 Å². The van der Waals surface area contributed by atoms with Gasteiger partial charge in [-0.2, -0.15) is 0 Å². The Hall–Kier alpha value is -2.67. The van der Waals surface area contributed by atoms with E-state index >= 15 is 0 Å². The summed E-state index contributed by atoms with van der Waals surface area (Å²) >= 11 is 0. The quantitative estimate of drug-likeness (QED) is 0.670. The van der Waals surface area contributed by atoms with Gasteiger partial charge in [0.1, 0.15) is 5.82 Å². The number of anilines is 1. The molecule has 0 aliphatic carbocycles. The van der Waals surface area contributed by atoms with Crippen LogP contribution in [0.25, 0.3) is 0 Å². The molecule has 1 aliphatic heterocycles. The number of rotatable bonds is 7. The summed E-state index contributed by atoms with van der Waals surface area (Å²) in [4.78, 5) is 34.6. The summed E-state index contributed by atoms with van der Waals surface area (Å²) in [5.74, 6) is 1.15. The lowest BCUT2D eigenvalue weighted by Crippen LogP contribution is -2.44. The van der Waals surface area contributed by atoms with Crippen molar-refractivity contribution >= 4 is 17.5 Å². The summed E-state index contributed by atoms with van der Waals surface area (Å²) in [6.07, 6.45) is 5.89. The molecule has 3 rings (SSSR count). The Kier molecular flexibility index (Phi) is 7.04. The molecule has 0 atom stereocenters. The molecule has 0 saturated carbocycles. The molecule has 1 saturated heterocycles. The third kappa shape index (κ3) is 6.15. The first kappa shape index (κ1) is 21.0. The Labute approximate surface area is 172 Å². The number of likely N-dealkylation sites (tertiary alicyclic amines) is 1. The number of piperidine rings is 1. The first-order valence-electron chi connectivity index (χ1n) is 10.3. The maximum absolute atomic E-state index is 12.7. The number of nitrogens with zero attached hydrogens (tertiary/aromatic N) is 2. The Morgan fingerprint density at radius 3 is 2.69 bits per heavy atom. The lowest BCUT2D eigenvalue weighted by molar-refractivity contribution is -0.116. The molecule has 2 heterocycles. The average Bonchev–Trinajstić information content (AvgIpc) is 3.17. The molecule has 0 unspecified atom stereocenters. The van der Waals surface area contributed by atoms with Gasteiger partial charge >= 0.3 is 0 Å². The second-order valence-corrected chi connectivity index (χ2v) is 8.24. The van der Waals surface area contributed by atoms with Crippen LogP contribution in [0.1, 0.15) is 54.9 Å². The summed E-state index contributed by atoms with van der Waals surface area (Å²) in [6, 6.07) is 5.63. The lowest BCUT2D eigenvalue weighted by atomic mass is 10.0. The summed E-state index contributed by atoms with van der Waals surface area (Å²) < 4.78 is 0. The van der Waals surface area contributed by atoms with E-state index in [1.54, 1.807) is 12.3 Å². The molecule has 7 heteroatoms. The van der Waals surface area contributed by atoms with Gasteiger partial charge in [-0.25, -0.2) is 4.98 Å². The van der Waals surface area contributed by atoms with Gasteiger partial charge in [0.25, 0.3) is 5.91 Å². The van der Waals surface area contributed by atoms with Crippen molar-refractivity contribution in [1.82, 2.24) is 20.2 Å². The third-order valence-corrected chi connectivity index (χ3v) is 5.22. The van der Waals surface area contributed by atoms with Crippen LogP contribution < -0.4 is 10.6 Å². The van der Waals surface area contributed by atoms with E-state index in [2.05, 4.69) is 25.5 Å². The van der Waals surface area contributed by atoms with Gasteiger partial charge in [-0.3, -0.25) is 14.5 Å². The predicted octanol–water partition coefficient (Wildman–Crippen LogP) is 3.10. The number of amides is 2. The van der Waals surface area contributed by atoms with Gasteiger partial charge < -0.3 is 15.6 Å². The monoisotopic (exact) mass is 397 g/mol. The Bertz CT molecular complexity index is 824. The number of aromatic amines is 1. The number of aromatic nitrogens is 2. The number of aryl methyl sites for hydroxylation is 1. The van der Waals surface area contributed by atoms with Gasteiger partial charge in [-0.1, -0.05) is 19.9 Å². The van der Waals surface area contributed by atoms with E-state index in [1.807, 2.05) is 39.1 Å². The van der Waals surface area contributed by atoms with E-state index in [0.717, 1.165) is 43.9 Å². The largest absolute Gasteiger partial charge is 0.349 e. The second kappa shape index (κ2) is 9.69. The van der Waals surface area contributed by atoms with Crippen LogP contribution in [0.5, 0.6) is 0 Å². The fraction of sp³-hybridized carbons (Fsp3) is 0.500. The standard InChI is InChI=1S/C22H31N5O2/c1-15(2)12-21(28)26-19-13-17(5-4-16(19)3)22(29)25-18-6-10-27(11-7-18)14-20-23-8-9-24-20/h4-5,8-9,13,15,18H,6-7,10-12,14H2,1-3H3,(H,23,24)(H,25,29)(H,26,28). The third-order valence-electron chi connectivity index (χ3n) is 5.22. The highest BCUT2D eigenvalue weighted by molar-refractivity contribution is 5.97. The summed E-state index contributed by atoms with van der Waals surface area (Å²) in [6.45, 7) is 8.62. The minimum absolute atomic E-state index is 0.0235. The van der Waals surface area contributed by atoms with E-state index in [1.165, 1.54) is 0 Å². The number of carbonyl (C=O) groups is 2. The molecule has 2 amide bonds. The van der Waals surface area contributed by atoms with E-state index < -0.39 is 0 Å². The smallest absolute Gasteiger partial charge is 0.251 e. The van der Waals surface area contributed by atoms with E-state index in [0.29, 0.717) is 23.6 Å². The van der Waals surface area contributed by atoms with E-state index in [-0.39, 0.29) is 17.9 Å². The van der Waals surface area contributed by atoms with Crippen LogP contribution in [0.4, 0.5) is 5.69 Å². The second-order valence-electron chi connectivity index (χ2n) is 8.24. The first-order chi connectivity index (χ1) is 13.9. The maximum atomic E-state index is 12.7. The van der Waals surface area contributed by atoms with Crippen molar-refractivity contribution in [2.75, 3.05) is 18.4 Å². The van der Waals surface area contributed by atoms with Crippen molar-refractivity contribution in [3.8, 4) is 0 Å². The van der Waals surface area contributed by atoms with Gasteiger partial charge in [0.2, 0.25) is 5.91 Å². The van der Waals surface area contributed by atoms with Crippen LogP contribution in [-0.4, -0.2) is 45.8 Å². The first-order valence-corrected chi connectivity index (χ1v) is 10.3. The number of carbonyl (C=O) groups excluding carboxylic acids is 2. The molecule has 29 heavy (non-hydrogen) atoms. The molecule has 2 aromatic rings. The van der Waals surface area contributed by atoms with Crippen molar-refractivity contribution in [1.29, 1.82) is 0 Å². The van der Waals surface area contributed by atoms with Gasteiger partial charge in [0.15, 0.2) is 0 Å².